The van der Waals surface area contributed by atoms with Crippen LogP contribution in [0.4, 0.5) is 0 Å². The van der Waals surface area contributed by atoms with Gasteiger partial charge in [-0.15, -0.1) is 0 Å². The maximum absolute atomic E-state index is 5.21. The number of rotatable bonds is 3. The van der Waals surface area contributed by atoms with Gasteiger partial charge in [0, 0.05) is 24.2 Å². The molecule has 3 heterocycles. The summed E-state index contributed by atoms with van der Waals surface area (Å²) in [5.41, 5.74) is 1.31. The molecule has 0 aliphatic carbocycles. The summed E-state index contributed by atoms with van der Waals surface area (Å²) in [7, 11) is 0. The molecule has 2 aliphatic rings. The fraction of sp³-hybridized carbons (Fsp3) is 0.733. The van der Waals surface area contributed by atoms with Gasteiger partial charge in [0.25, 0.3) is 0 Å². The molecular formula is C15H24N2O. The smallest absolute Gasteiger partial charge is 0.0950 e. The molecule has 1 N–H and O–H groups in total. The average molecular weight is 248 g/mol. The van der Waals surface area contributed by atoms with Gasteiger partial charge in [-0.2, -0.15) is 0 Å². The van der Waals surface area contributed by atoms with Crippen LogP contribution in [-0.2, 0) is 0 Å². The van der Waals surface area contributed by atoms with E-state index in [0.29, 0.717) is 6.04 Å². The van der Waals surface area contributed by atoms with Crippen LogP contribution >= 0.6 is 0 Å². The second kappa shape index (κ2) is 5.45. The molecule has 0 radical (unpaired) electrons. The molecule has 1 aromatic heterocycles. The summed E-state index contributed by atoms with van der Waals surface area (Å²) in [5.74, 6) is 0.843. The van der Waals surface area contributed by atoms with Crippen molar-refractivity contribution in [1.29, 1.82) is 0 Å². The molecule has 0 aromatic carbocycles. The zero-order valence-electron chi connectivity index (χ0n) is 11.3. The number of hydrogen-bond donors (Lipinski definition) is 1. The predicted molar refractivity (Wildman–Crippen MR) is 72.4 cm³/mol. The molecule has 0 bridgehead atoms. The van der Waals surface area contributed by atoms with E-state index in [2.05, 4.69) is 23.2 Å². The Morgan fingerprint density at radius 3 is 3.06 bits per heavy atom. The van der Waals surface area contributed by atoms with E-state index in [9.17, 15) is 0 Å². The molecule has 100 valence electrons. The highest BCUT2D eigenvalue weighted by atomic mass is 16.3. The molecule has 3 rings (SSSR count). The zero-order valence-corrected chi connectivity index (χ0v) is 11.3. The second-order valence-electron chi connectivity index (χ2n) is 5.83. The lowest BCUT2D eigenvalue weighted by molar-refractivity contribution is 0.114. The molecule has 2 saturated heterocycles. The first-order valence-electron chi connectivity index (χ1n) is 7.34. The molecule has 2 fully saturated rings. The van der Waals surface area contributed by atoms with Gasteiger partial charge in [0.15, 0.2) is 0 Å². The van der Waals surface area contributed by atoms with Crippen LogP contribution in [0.15, 0.2) is 23.0 Å². The normalized spacial score (nSPS) is 31.6. The van der Waals surface area contributed by atoms with Crippen LogP contribution in [0.3, 0.4) is 0 Å². The lowest BCUT2D eigenvalue weighted by Crippen LogP contribution is -2.44. The topological polar surface area (TPSA) is 28.4 Å². The van der Waals surface area contributed by atoms with E-state index in [1.807, 2.05) is 6.26 Å². The summed E-state index contributed by atoms with van der Waals surface area (Å²) in [4.78, 5) is 2.62. The fourth-order valence-electron chi connectivity index (χ4n) is 3.56. The Hall–Kier alpha value is -0.800. The van der Waals surface area contributed by atoms with Crippen molar-refractivity contribution in [3.8, 4) is 0 Å². The zero-order chi connectivity index (χ0) is 12.4. The molecule has 3 atom stereocenters. The molecule has 3 nitrogen and oxygen atoms in total. The predicted octanol–water partition coefficient (Wildman–Crippen LogP) is 2.80. The van der Waals surface area contributed by atoms with E-state index in [4.69, 9.17) is 4.42 Å². The largest absolute Gasteiger partial charge is 0.472 e. The number of nitrogens with zero attached hydrogens (tertiary/aromatic N) is 1. The first-order valence-corrected chi connectivity index (χ1v) is 7.34. The van der Waals surface area contributed by atoms with Crippen molar-refractivity contribution in [1.82, 2.24) is 10.2 Å². The third kappa shape index (κ3) is 2.47. The third-order valence-corrected chi connectivity index (χ3v) is 4.73. The Morgan fingerprint density at radius 2 is 2.33 bits per heavy atom. The average Bonchev–Trinajstić information content (AvgIpc) is 3.11. The van der Waals surface area contributed by atoms with Crippen LogP contribution in [-0.4, -0.2) is 30.6 Å². The monoisotopic (exact) mass is 248 g/mol. The Bertz CT molecular complexity index is 357. The van der Waals surface area contributed by atoms with Gasteiger partial charge in [-0.1, -0.05) is 0 Å². The van der Waals surface area contributed by atoms with Crippen LogP contribution in [0, 0.1) is 5.92 Å². The fourth-order valence-corrected chi connectivity index (χ4v) is 3.56. The Morgan fingerprint density at radius 1 is 1.39 bits per heavy atom. The van der Waals surface area contributed by atoms with E-state index >= 15 is 0 Å². The number of likely N-dealkylation sites (tertiary alicyclic amines) is 1. The van der Waals surface area contributed by atoms with Crippen LogP contribution in [0.25, 0.3) is 0 Å². The van der Waals surface area contributed by atoms with Crippen LogP contribution in [0.1, 0.15) is 44.2 Å². The second-order valence-corrected chi connectivity index (χ2v) is 5.83. The van der Waals surface area contributed by atoms with Crippen molar-refractivity contribution in [2.45, 2.75) is 44.7 Å². The van der Waals surface area contributed by atoms with Gasteiger partial charge in [-0.05, 0) is 57.7 Å². The number of furan rings is 1. The van der Waals surface area contributed by atoms with Crippen LogP contribution in [0.5, 0.6) is 0 Å². The van der Waals surface area contributed by atoms with Crippen molar-refractivity contribution < 1.29 is 4.42 Å². The van der Waals surface area contributed by atoms with Crippen molar-refractivity contribution in [2.75, 3.05) is 19.6 Å². The Kier molecular flexibility index (Phi) is 3.71. The minimum atomic E-state index is 0.493. The van der Waals surface area contributed by atoms with Crippen molar-refractivity contribution >= 4 is 0 Å². The van der Waals surface area contributed by atoms with E-state index in [0.717, 1.165) is 12.0 Å². The first-order chi connectivity index (χ1) is 8.84. The molecule has 2 aliphatic heterocycles. The summed E-state index contributed by atoms with van der Waals surface area (Å²) < 4.78 is 5.21. The Balaban J connectivity index is 1.62. The van der Waals surface area contributed by atoms with Crippen molar-refractivity contribution in [3.05, 3.63) is 24.2 Å². The molecule has 18 heavy (non-hydrogen) atoms. The van der Waals surface area contributed by atoms with E-state index in [1.54, 1.807) is 6.26 Å². The van der Waals surface area contributed by atoms with Gasteiger partial charge in [-0.25, -0.2) is 0 Å². The summed E-state index contributed by atoms with van der Waals surface area (Å²) in [6.45, 7) is 5.99. The maximum atomic E-state index is 5.21. The van der Waals surface area contributed by atoms with Gasteiger partial charge >= 0.3 is 0 Å². The van der Waals surface area contributed by atoms with Gasteiger partial charge in [0.1, 0.15) is 0 Å². The van der Waals surface area contributed by atoms with E-state index in [1.165, 1.54) is 50.9 Å². The minimum Gasteiger partial charge on any atom is -0.472 e. The summed E-state index contributed by atoms with van der Waals surface area (Å²) in [6.07, 6.45) is 9.14. The van der Waals surface area contributed by atoms with E-state index in [-0.39, 0.29) is 0 Å². The Labute approximate surface area is 110 Å². The molecular weight excluding hydrogens is 224 g/mol. The quantitative estimate of drug-likeness (QED) is 0.891. The van der Waals surface area contributed by atoms with Crippen molar-refractivity contribution in [3.63, 3.8) is 0 Å². The third-order valence-electron chi connectivity index (χ3n) is 4.73. The number of hydrogen-bond acceptors (Lipinski definition) is 3. The molecule has 0 spiro atoms. The first kappa shape index (κ1) is 12.2. The molecule has 0 amide bonds. The molecule has 3 unspecified atom stereocenters. The van der Waals surface area contributed by atoms with Gasteiger partial charge in [-0.3, -0.25) is 4.90 Å². The minimum absolute atomic E-state index is 0.493. The lowest BCUT2D eigenvalue weighted by Gasteiger charge is -2.38. The van der Waals surface area contributed by atoms with Gasteiger partial charge in [0.05, 0.1) is 12.5 Å². The van der Waals surface area contributed by atoms with Gasteiger partial charge in [0.2, 0.25) is 0 Å². The molecule has 1 aromatic rings. The maximum Gasteiger partial charge on any atom is 0.0950 e. The highest BCUT2D eigenvalue weighted by molar-refractivity contribution is 5.11. The highest BCUT2D eigenvalue weighted by Crippen LogP contribution is 2.30. The standard InChI is InChI=1S/C15H24N2O/c1-12(14-6-9-18-11-14)17-8-3-4-13(10-17)15-5-2-7-16-15/h6,9,11-13,15-16H,2-5,7-8,10H2,1H3. The SMILES string of the molecule is CC(c1ccoc1)N1CCCC(C2CCCN2)C1. The number of nitrogens with one attached hydrogen (secondary N) is 1. The lowest BCUT2D eigenvalue weighted by atomic mass is 9.88. The summed E-state index contributed by atoms with van der Waals surface area (Å²) in [6, 6.07) is 3.36. The molecule has 0 saturated carbocycles. The van der Waals surface area contributed by atoms with Crippen LogP contribution < -0.4 is 5.32 Å². The number of piperidine rings is 1. The van der Waals surface area contributed by atoms with E-state index < -0.39 is 0 Å². The molecule has 3 heteroatoms. The summed E-state index contributed by atoms with van der Waals surface area (Å²) >= 11 is 0. The highest BCUT2D eigenvalue weighted by Gasteiger charge is 2.31. The summed E-state index contributed by atoms with van der Waals surface area (Å²) in [5, 5.41) is 3.68. The van der Waals surface area contributed by atoms with Crippen molar-refractivity contribution in [2.24, 2.45) is 5.92 Å². The van der Waals surface area contributed by atoms with Gasteiger partial charge < -0.3 is 9.73 Å². The van der Waals surface area contributed by atoms with Crippen LogP contribution in [0.2, 0.25) is 0 Å².